The smallest absolute Gasteiger partial charge is 0.0992 e. The summed E-state index contributed by atoms with van der Waals surface area (Å²) in [5.74, 6) is 0. The molecule has 0 saturated heterocycles. The second-order valence-electron chi connectivity index (χ2n) is 3.51. The first-order valence-electron chi connectivity index (χ1n) is 5.28. The molecule has 0 unspecified atom stereocenters. The second-order valence-corrected chi connectivity index (χ2v) is 3.92. The SMILES string of the molecule is C=CCN(CCC)c1ccc(C#N)cc1Cl. The molecule has 0 saturated carbocycles. The number of rotatable bonds is 5. The number of hydrogen-bond donors (Lipinski definition) is 0. The Bertz CT molecular complexity index is 407. The highest BCUT2D eigenvalue weighted by Gasteiger charge is 2.08. The van der Waals surface area contributed by atoms with E-state index in [2.05, 4.69) is 24.5 Å². The molecule has 84 valence electrons. The van der Waals surface area contributed by atoms with E-state index in [1.54, 1.807) is 12.1 Å². The molecule has 0 radical (unpaired) electrons. The predicted molar refractivity (Wildman–Crippen MR) is 68.9 cm³/mol. The van der Waals surface area contributed by atoms with Crippen LogP contribution in [-0.4, -0.2) is 13.1 Å². The molecular weight excluding hydrogens is 220 g/mol. The fourth-order valence-electron chi connectivity index (χ4n) is 1.57. The molecule has 1 rings (SSSR count). The number of anilines is 1. The van der Waals surface area contributed by atoms with Crippen LogP contribution in [0.4, 0.5) is 5.69 Å². The van der Waals surface area contributed by atoms with Crippen molar-refractivity contribution in [2.75, 3.05) is 18.0 Å². The summed E-state index contributed by atoms with van der Waals surface area (Å²) < 4.78 is 0. The minimum absolute atomic E-state index is 0.587. The standard InChI is InChI=1S/C13H15ClN2/c1-3-7-16(8-4-2)13-6-5-11(10-15)9-12(13)14/h3,5-6,9H,1,4,7-8H2,2H3. The average molecular weight is 235 g/mol. The van der Waals surface area contributed by atoms with Crippen molar-refractivity contribution < 1.29 is 0 Å². The minimum Gasteiger partial charge on any atom is -0.367 e. The van der Waals surface area contributed by atoms with Gasteiger partial charge in [0.15, 0.2) is 0 Å². The Morgan fingerprint density at radius 2 is 2.31 bits per heavy atom. The third-order valence-electron chi connectivity index (χ3n) is 2.26. The van der Waals surface area contributed by atoms with E-state index < -0.39 is 0 Å². The molecule has 1 aromatic rings. The lowest BCUT2D eigenvalue weighted by molar-refractivity contribution is 0.816. The summed E-state index contributed by atoms with van der Waals surface area (Å²) in [6, 6.07) is 7.45. The summed E-state index contributed by atoms with van der Waals surface area (Å²) >= 11 is 6.15. The molecule has 3 heteroatoms. The highest BCUT2D eigenvalue weighted by molar-refractivity contribution is 6.33. The van der Waals surface area contributed by atoms with E-state index in [4.69, 9.17) is 16.9 Å². The molecule has 2 nitrogen and oxygen atoms in total. The van der Waals surface area contributed by atoms with Gasteiger partial charge in [0.1, 0.15) is 0 Å². The minimum atomic E-state index is 0.587. The maximum atomic E-state index is 8.76. The van der Waals surface area contributed by atoms with Gasteiger partial charge >= 0.3 is 0 Å². The van der Waals surface area contributed by atoms with E-state index in [9.17, 15) is 0 Å². The van der Waals surface area contributed by atoms with Gasteiger partial charge in [0.25, 0.3) is 0 Å². The first-order valence-corrected chi connectivity index (χ1v) is 5.66. The summed E-state index contributed by atoms with van der Waals surface area (Å²) in [6.45, 7) is 7.54. The molecule has 0 amide bonds. The van der Waals surface area contributed by atoms with Gasteiger partial charge in [-0.3, -0.25) is 0 Å². The van der Waals surface area contributed by atoms with Crippen molar-refractivity contribution in [3.05, 3.63) is 41.4 Å². The van der Waals surface area contributed by atoms with Gasteiger partial charge in [-0.1, -0.05) is 24.6 Å². The monoisotopic (exact) mass is 234 g/mol. The van der Waals surface area contributed by atoms with Crippen LogP contribution in [0.25, 0.3) is 0 Å². The maximum absolute atomic E-state index is 8.76. The molecule has 1 aromatic carbocycles. The summed E-state index contributed by atoms with van der Waals surface area (Å²) in [5.41, 5.74) is 1.55. The summed E-state index contributed by atoms with van der Waals surface area (Å²) in [6.07, 6.45) is 2.90. The number of nitrogens with zero attached hydrogens (tertiary/aromatic N) is 2. The lowest BCUT2D eigenvalue weighted by Crippen LogP contribution is -2.24. The Hall–Kier alpha value is -1.46. The Kier molecular flexibility index (Phi) is 4.88. The van der Waals surface area contributed by atoms with Crippen LogP contribution in [0.3, 0.4) is 0 Å². The van der Waals surface area contributed by atoms with Crippen molar-refractivity contribution in [3.8, 4) is 6.07 Å². The molecule has 0 spiro atoms. The fraction of sp³-hybridized carbons (Fsp3) is 0.308. The van der Waals surface area contributed by atoms with E-state index in [1.165, 1.54) is 0 Å². The van der Waals surface area contributed by atoms with Crippen LogP contribution in [0.1, 0.15) is 18.9 Å². The summed E-state index contributed by atoms with van der Waals surface area (Å²) in [7, 11) is 0. The highest BCUT2D eigenvalue weighted by atomic mass is 35.5. The van der Waals surface area contributed by atoms with E-state index in [0.717, 1.165) is 25.2 Å². The molecule has 16 heavy (non-hydrogen) atoms. The molecule has 0 fully saturated rings. The van der Waals surface area contributed by atoms with Crippen LogP contribution in [0.15, 0.2) is 30.9 Å². The van der Waals surface area contributed by atoms with E-state index in [-0.39, 0.29) is 0 Å². The molecule has 0 aliphatic carbocycles. The molecule has 0 heterocycles. The van der Waals surface area contributed by atoms with Crippen LogP contribution in [-0.2, 0) is 0 Å². The molecule has 0 aliphatic heterocycles. The number of benzene rings is 1. The van der Waals surface area contributed by atoms with Crippen molar-refractivity contribution in [2.24, 2.45) is 0 Å². The lowest BCUT2D eigenvalue weighted by Gasteiger charge is -2.23. The largest absolute Gasteiger partial charge is 0.367 e. The first kappa shape index (κ1) is 12.6. The van der Waals surface area contributed by atoms with Gasteiger partial charge in [0.2, 0.25) is 0 Å². The first-order chi connectivity index (χ1) is 7.72. The Morgan fingerprint density at radius 3 is 2.81 bits per heavy atom. The zero-order valence-corrected chi connectivity index (χ0v) is 10.2. The molecule has 0 atom stereocenters. The Labute approximate surface area is 102 Å². The summed E-state index contributed by atoms with van der Waals surface area (Å²) in [5, 5.41) is 9.38. The number of halogens is 1. The third-order valence-corrected chi connectivity index (χ3v) is 2.56. The number of hydrogen-bond acceptors (Lipinski definition) is 2. The summed E-state index contributed by atoms with van der Waals surface area (Å²) in [4.78, 5) is 2.15. The molecule has 0 aliphatic rings. The zero-order chi connectivity index (χ0) is 12.0. The predicted octanol–water partition coefficient (Wildman–Crippen LogP) is 3.61. The van der Waals surface area contributed by atoms with Crippen molar-refractivity contribution in [1.29, 1.82) is 5.26 Å². The second kappa shape index (κ2) is 6.19. The zero-order valence-electron chi connectivity index (χ0n) is 9.41. The van der Waals surface area contributed by atoms with Crippen molar-refractivity contribution >= 4 is 17.3 Å². The normalized spacial score (nSPS) is 9.56. The van der Waals surface area contributed by atoms with Crippen molar-refractivity contribution in [1.82, 2.24) is 0 Å². The highest BCUT2D eigenvalue weighted by Crippen LogP contribution is 2.26. The van der Waals surface area contributed by atoms with Crippen LogP contribution < -0.4 is 4.90 Å². The Morgan fingerprint density at radius 1 is 1.56 bits per heavy atom. The van der Waals surface area contributed by atoms with Gasteiger partial charge < -0.3 is 4.90 Å². The van der Waals surface area contributed by atoms with E-state index in [0.29, 0.717) is 10.6 Å². The van der Waals surface area contributed by atoms with Crippen LogP contribution in [0, 0.1) is 11.3 Å². The van der Waals surface area contributed by atoms with Crippen molar-refractivity contribution in [3.63, 3.8) is 0 Å². The third kappa shape index (κ3) is 3.01. The number of nitriles is 1. The van der Waals surface area contributed by atoms with Gasteiger partial charge in [-0.15, -0.1) is 6.58 Å². The van der Waals surface area contributed by atoms with Crippen molar-refractivity contribution in [2.45, 2.75) is 13.3 Å². The molecule has 0 aromatic heterocycles. The van der Waals surface area contributed by atoms with Gasteiger partial charge in [-0.2, -0.15) is 5.26 Å². The topological polar surface area (TPSA) is 27.0 Å². The van der Waals surface area contributed by atoms with Gasteiger partial charge in [0, 0.05) is 13.1 Å². The fourth-order valence-corrected chi connectivity index (χ4v) is 1.87. The van der Waals surface area contributed by atoms with E-state index >= 15 is 0 Å². The van der Waals surface area contributed by atoms with Gasteiger partial charge in [0.05, 0.1) is 22.3 Å². The van der Waals surface area contributed by atoms with Gasteiger partial charge in [-0.25, -0.2) is 0 Å². The van der Waals surface area contributed by atoms with E-state index in [1.807, 2.05) is 12.1 Å². The molecule has 0 bridgehead atoms. The Balaban J connectivity index is 3.00. The quantitative estimate of drug-likeness (QED) is 0.728. The average Bonchev–Trinajstić information content (AvgIpc) is 2.29. The molecule has 0 N–H and O–H groups in total. The maximum Gasteiger partial charge on any atom is 0.0992 e. The lowest BCUT2D eigenvalue weighted by atomic mass is 10.2. The van der Waals surface area contributed by atoms with Crippen LogP contribution in [0.2, 0.25) is 5.02 Å². The van der Waals surface area contributed by atoms with Crippen LogP contribution in [0.5, 0.6) is 0 Å². The van der Waals surface area contributed by atoms with Gasteiger partial charge in [-0.05, 0) is 24.6 Å². The van der Waals surface area contributed by atoms with Crippen LogP contribution >= 0.6 is 11.6 Å². The molecular formula is C13H15ClN2.